The van der Waals surface area contributed by atoms with Crippen LogP contribution >= 0.6 is 22.7 Å². The molecule has 0 unspecified atom stereocenters. The summed E-state index contributed by atoms with van der Waals surface area (Å²) in [5.41, 5.74) is 10.2. The molecule has 0 saturated heterocycles. The lowest BCUT2D eigenvalue weighted by atomic mass is 9.92. The molecule has 0 aliphatic rings. The Labute approximate surface area is 307 Å². The average molecular weight is 697 g/mol. The lowest BCUT2D eigenvalue weighted by Crippen LogP contribution is -1.87. The van der Waals surface area contributed by atoms with Gasteiger partial charge in [-0.1, -0.05) is 127 Å². The molecule has 11 rings (SSSR count). The largest absolute Gasteiger partial charge is 0.251 e. The highest BCUT2D eigenvalue weighted by molar-refractivity contribution is 7.26. The van der Waals surface area contributed by atoms with Gasteiger partial charge in [0, 0.05) is 35.8 Å². The van der Waals surface area contributed by atoms with Gasteiger partial charge in [0.1, 0.15) is 10.3 Å². The lowest BCUT2D eigenvalue weighted by Gasteiger charge is -2.12. The van der Waals surface area contributed by atoms with Crippen molar-refractivity contribution in [3.8, 4) is 44.6 Å². The van der Waals surface area contributed by atoms with Crippen molar-refractivity contribution >= 4 is 84.8 Å². The summed E-state index contributed by atoms with van der Waals surface area (Å²) in [6.45, 7) is 0. The van der Waals surface area contributed by atoms with Crippen LogP contribution in [0, 0.1) is 0 Å². The van der Waals surface area contributed by atoms with Gasteiger partial charge in [-0.2, -0.15) is 0 Å². The van der Waals surface area contributed by atoms with E-state index in [1.54, 1.807) is 11.3 Å². The summed E-state index contributed by atoms with van der Waals surface area (Å²) in [5.74, 6) is 0. The molecule has 0 atom stereocenters. The van der Waals surface area contributed by atoms with Gasteiger partial charge >= 0.3 is 0 Å². The predicted octanol–water partition coefficient (Wildman–Crippen LogP) is 14.2. The molecule has 0 saturated carbocycles. The van der Waals surface area contributed by atoms with Crippen molar-refractivity contribution in [3.05, 3.63) is 170 Å². The second-order valence-electron chi connectivity index (χ2n) is 13.4. The fraction of sp³-hybridized carbons (Fsp3) is 0. The van der Waals surface area contributed by atoms with E-state index in [1.807, 2.05) is 17.5 Å². The first kappa shape index (κ1) is 29.5. The first-order chi connectivity index (χ1) is 25.7. The van der Waals surface area contributed by atoms with Crippen molar-refractivity contribution < 1.29 is 0 Å². The normalized spacial score (nSPS) is 11.8. The summed E-state index contributed by atoms with van der Waals surface area (Å²) in [6, 6.07) is 59.4. The van der Waals surface area contributed by atoms with Crippen molar-refractivity contribution in [1.29, 1.82) is 0 Å². The molecule has 242 valence electrons. The van der Waals surface area contributed by atoms with Crippen LogP contribution in [0.25, 0.3) is 107 Å². The van der Waals surface area contributed by atoms with E-state index in [1.165, 1.54) is 79.8 Å². The van der Waals surface area contributed by atoms with Crippen LogP contribution in [-0.2, 0) is 0 Å². The first-order valence-electron chi connectivity index (χ1n) is 17.5. The second kappa shape index (κ2) is 11.7. The van der Waals surface area contributed by atoms with E-state index in [9.17, 15) is 0 Å². The van der Waals surface area contributed by atoms with Crippen LogP contribution in [-0.4, -0.2) is 9.97 Å². The van der Waals surface area contributed by atoms with Crippen molar-refractivity contribution in [2.75, 3.05) is 0 Å². The molecule has 11 aromatic rings. The summed E-state index contributed by atoms with van der Waals surface area (Å²) >= 11 is 3.57. The minimum atomic E-state index is 0.889. The zero-order valence-corrected chi connectivity index (χ0v) is 29.5. The highest BCUT2D eigenvalue weighted by Crippen LogP contribution is 2.42. The Morgan fingerprint density at radius 3 is 1.94 bits per heavy atom. The molecule has 3 aromatic heterocycles. The van der Waals surface area contributed by atoms with E-state index in [2.05, 4.69) is 164 Å². The molecular formula is C48H28N2S2. The molecule has 0 amide bonds. The molecule has 3 heterocycles. The van der Waals surface area contributed by atoms with Gasteiger partial charge in [-0.05, 0) is 91.3 Å². The number of hydrogen-bond donors (Lipinski definition) is 0. The minimum absolute atomic E-state index is 0.889. The van der Waals surface area contributed by atoms with Crippen molar-refractivity contribution in [2.45, 2.75) is 0 Å². The van der Waals surface area contributed by atoms with Crippen LogP contribution in [0.3, 0.4) is 0 Å². The van der Waals surface area contributed by atoms with Gasteiger partial charge in [-0.3, -0.25) is 4.98 Å². The van der Waals surface area contributed by atoms with Gasteiger partial charge in [0.25, 0.3) is 0 Å². The highest BCUT2D eigenvalue weighted by atomic mass is 32.1. The Morgan fingerprint density at radius 2 is 1.04 bits per heavy atom. The third-order valence-electron chi connectivity index (χ3n) is 10.3. The molecule has 0 radical (unpaired) electrons. The van der Waals surface area contributed by atoms with Gasteiger partial charge < -0.3 is 0 Å². The molecule has 0 aliphatic heterocycles. The van der Waals surface area contributed by atoms with Crippen LogP contribution in [0.5, 0.6) is 0 Å². The van der Waals surface area contributed by atoms with Gasteiger partial charge in [-0.15, -0.1) is 22.7 Å². The van der Waals surface area contributed by atoms with E-state index < -0.39 is 0 Å². The monoisotopic (exact) mass is 696 g/mol. The van der Waals surface area contributed by atoms with E-state index in [0.29, 0.717) is 0 Å². The molecular weight excluding hydrogens is 669 g/mol. The standard InChI is InChI=1S/C48H28N2S2/c1-2-15-35-33(10-1)27-41(38-17-4-3-16-37(35)38)32-13-7-11-29(24-32)30-22-23-45-42(26-30)46-48(52-45)50-43(28-49-46)34-14-8-12-31(25-34)36-19-9-20-40-39-18-5-6-21-44(39)51-47(36)40/h1-28H. The van der Waals surface area contributed by atoms with Crippen LogP contribution < -0.4 is 0 Å². The Hall–Kier alpha value is -6.20. The summed E-state index contributed by atoms with van der Waals surface area (Å²) in [6.07, 6.45) is 1.94. The van der Waals surface area contributed by atoms with Crippen LogP contribution in [0.2, 0.25) is 0 Å². The predicted molar refractivity (Wildman–Crippen MR) is 225 cm³/mol. The van der Waals surface area contributed by atoms with Crippen LogP contribution in [0.1, 0.15) is 0 Å². The summed E-state index contributed by atoms with van der Waals surface area (Å²) in [5, 5.41) is 8.86. The number of thiophene rings is 2. The van der Waals surface area contributed by atoms with Gasteiger partial charge in [0.2, 0.25) is 0 Å². The number of fused-ring (bicyclic) bond motifs is 9. The average Bonchev–Trinajstić information content (AvgIpc) is 3.78. The first-order valence-corrected chi connectivity index (χ1v) is 19.1. The topological polar surface area (TPSA) is 25.8 Å². The summed E-state index contributed by atoms with van der Waals surface area (Å²) < 4.78 is 3.83. The SMILES string of the molecule is c1cc(-c2ccc3sc4nc(-c5cccc(-c6cccc7c6sc6ccccc67)c5)cnc4c3c2)cc(-c2cc3ccccc3c3ccccc23)c1. The molecule has 2 nitrogen and oxygen atoms in total. The number of hydrogen-bond acceptors (Lipinski definition) is 4. The van der Waals surface area contributed by atoms with Crippen LogP contribution in [0.15, 0.2) is 170 Å². The number of nitrogens with zero attached hydrogens (tertiary/aromatic N) is 2. The summed E-state index contributed by atoms with van der Waals surface area (Å²) in [7, 11) is 0. The maximum atomic E-state index is 5.18. The zero-order chi connectivity index (χ0) is 34.2. The van der Waals surface area contributed by atoms with E-state index in [-0.39, 0.29) is 0 Å². The smallest absolute Gasteiger partial charge is 0.143 e. The number of rotatable bonds is 4. The molecule has 4 heteroatoms. The van der Waals surface area contributed by atoms with Crippen LogP contribution in [0.4, 0.5) is 0 Å². The second-order valence-corrected chi connectivity index (χ2v) is 15.4. The molecule has 0 spiro atoms. The Kier molecular flexibility index (Phi) is 6.63. The van der Waals surface area contributed by atoms with Gasteiger partial charge in [-0.25, -0.2) is 4.98 Å². The molecule has 0 fully saturated rings. The zero-order valence-electron chi connectivity index (χ0n) is 27.9. The van der Waals surface area contributed by atoms with E-state index in [4.69, 9.17) is 9.97 Å². The summed E-state index contributed by atoms with van der Waals surface area (Å²) in [4.78, 5) is 11.2. The maximum Gasteiger partial charge on any atom is 0.143 e. The maximum absolute atomic E-state index is 5.18. The molecule has 0 aliphatic carbocycles. The number of benzene rings is 8. The number of aromatic nitrogens is 2. The van der Waals surface area contributed by atoms with Crippen molar-refractivity contribution in [1.82, 2.24) is 9.97 Å². The highest BCUT2D eigenvalue weighted by Gasteiger charge is 2.15. The lowest BCUT2D eigenvalue weighted by molar-refractivity contribution is 1.32. The molecule has 8 aromatic carbocycles. The Balaban J connectivity index is 0.971. The Morgan fingerprint density at radius 1 is 0.385 bits per heavy atom. The van der Waals surface area contributed by atoms with Crippen molar-refractivity contribution in [2.24, 2.45) is 0 Å². The third-order valence-corrected chi connectivity index (χ3v) is 12.6. The minimum Gasteiger partial charge on any atom is -0.251 e. The fourth-order valence-electron chi connectivity index (χ4n) is 7.83. The Bertz CT molecular complexity index is 3200. The van der Waals surface area contributed by atoms with E-state index in [0.717, 1.165) is 27.0 Å². The van der Waals surface area contributed by atoms with Crippen molar-refractivity contribution in [3.63, 3.8) is 0 Å². The molecule has 0 bridgehead atoms. The third kappa shape index (κ3) is 4.69. The van der Waals surface area contributed by atoms with Gasteiger partial charge in [0.05, 0.1) is 11.9 Å². The van der Waals surface area contributed by atoms with E-state index >= 15 is 0 Å². The fourth-order valence-corrected chi connectivity index (χ4v) is 10.1. The molecule has 52 heavy (non-hydrogen) atoms. The molecule has 0 N–H and O–H groups in total. The van der Waals surface area contributed by atoms with Gasteiger partial charge in [0.15, 0.2) is 0 Å². The quantitative estimate of drug-likeness (QED) is 0.171.